The van der Waals surface area contributed by atoms with Crippen LogP contribution in [0.15, 0.2) is 18.2 Å². The maximum atomic E-state index is 13.3. The molecule has 1 aliphatic rings. The van der Waals surface area contributed by atoms with Crippen molar-refractivity contribution in [2.75, 3.05) is 5.32 Å². The molecule has 0 bridgehead atoms. The molecule has 1 atom stereocenters. The van der Waals surface area contributed by atoms with Gasteiger partial charge in [-0.15, -0.1) is 0 Å². The molecule has 0 saturated carbocycles. The van der Waals surface area contributed by atoms with E-state index >= 15 is 0 Å². The first-order valence-electron chi connectivity index (χ1n) is 4.41. The molecule has 74 valence electrons. The number of halogens is 2. The summed E-state index contributed by atoms with van der Waals surface area (Å²) in [5.74, 6) is -0.348. The Morgan fingerprint density at radius 1 is 1.50 bits per heavy atom. The van der Waals surface area contributed by atoms with E-state index in [-0.39, 0.29) is 16.6 Å². The van der Waals surface area contributed by atoms with Crippen LogP contribution in [0.1, 0.15) is 12.0 Å². The van der Waals surface area contributed by atoms with Gasteiger partial charge in [0, 0.05) is 11.3 Å². The molecule has 0 fully saturated rings. The third-order valence-electron chi connectivity index (χ3n) is 2.31. The number of benzene rings is 1. The number of alkyl halides is 1. The van der Waals surface area contributed by atoms with Gasteiger partial charge in [-0.05, 0) is 25.0 Å². The van der Waals surface area contributed by atoms with E-state index in [0.717, 1.165) is 0 Å². The van der Waals surface area contributed by atoms with Crippen LogP contribution in [0, 0.1) is 5.82 Å². The Morgan fingerprint density at radius 3 is 3.07 bits per heavy atom. The van der Waals surface area contributed by atoms with Crippen molar-refractivity contribution in [1.29, 1.82) is 0 Å². The minimum atomic E-state index is -0.246. The molecule has 1 heterocycles. The lowest BCUT2D eigenvalue weighted by Gasteiger charge is -2.06. The second-order valence-corrected chi connectivity index (χ2v) is 4.37. The average Bonchev–Trinajstić information content (AvgIpc) is 2.29. The van der Waals surface area contributed by atoms with Gasteiger partial charge in [-0.25, -0.2) is 4.39 Å². The Hall–Kier alpha value is -0.900. The summed E-state index contributed by atoms with van der Waals surface area (Å²) in [7, 11) is 0. The van der Waals surface area contributed by atoms with E-state index in [1.54, 1.807) is 12.1 Å². The van der Waals surface area contributed by atoms with Gasteiger partial charge in [0.2, 0.25) is 5.91 Å². The minimum Gasteiger partial charge on any atom is -0.325 e. The minimum absolute atomic E-state index is 0.102. The Bertz CT molecular complexity index is 380. The van der Waals surface area contributed by atoms with Gasteiger partial charge < -0.3 is 5.32 Å². The zero-order valence-electron chi connectivity index (χ0n) is 7.39. The Labute approximate surface area is 89.6 Å². The molecule has 1 N–H and O–H groups in total. The molecule has 0 radical (unpaired) electrons. The number of amides is 1. The van der Waals surface area contributed by atoms with Crippen LogP contribution in [0.4, 0.5) is 10.1 Å². The fraction of sp³-hybridized carbons (Fsp3) is 0.300. The fourth-order valence-electron chi connectivity index (χ4n) is 1.54. The van der Waals surface area contributed by atoms with Crippen LogP contribution < -0.4 is 5.32 Å². The lowest BCUT2D eigenvalue weighted by molar-refractivity contribution is -0.115. The van der Waals surface area contributed by atoms with E-state index in [4.69, 9.17) is 0 Å². The van der Waals surface area contributed by atoms with Crippen LogP contribution in [0.2, 0.25) is 0 Å². The van der Waals surface area contributed by atoms with Crippen LogP contribution >= 0.6 is 15.9 Å². The predicted octanol–water partition coefficient (Wildman–Crippen LogP) is 2.47. The van der Waals surface area contributed by atoms with Crippen LogP contribution in [-0.2, 0) is 11.2 Å². The summed E-state index contributed by atoms with van der Waals surface area (Å²) in [6.45, 7) is 0. The standard InChI is InChI=1S/C10H9BrFNO/c11-7-5-4-6-8(12)2-1-3-9(6)13-10(7)14/h1-3,7H,4-5H2,(H,13,14). The number of carbonyl (C=O) groups excluding carboxylic acids is 1. The molecule has 4 heteroatoms. The van der Waals surface area contributed by atoms with Gasteiger partial charge in [-0.1, -0.05) is 22.0 Å². The number of fused-ring (bicyclic) bond motifs is 1. The zero-order chi connectivity index (χ0) is 10.1. The molecule has 0 aliphatic carbocycles. The van der Waals surface area contributed by atoms with Crippen molar-refractivity contribution in [2.24, 2.45) is 0 Å². The SMILES string of the molecule is O=C1Nc2cccc(F)c2CCC1Br. The van der Waals surface area contributed by atoms with E-state index in [1.165, 1.54) is 6.07 Å². The second kappa shape index (κ2) is 3.69. The van der Waals surface area contributed by atoms with E-state index in [9.17, 15) is 9.18 Å². The number of hydrogen-bond donors (Lipinski definition) is 1. The van der Waals surface area contributed by atoms with Gasteiger partial charge in [0.15, 0.2) is 0 Å². The first-order valence-corrected chi connectivity index (χ1v) is 5.32. The van der Waals surface area contributed by atoms with Crippen molar-refractivity contribution >= 4 is 27.5 Å². The average molecular weight is 258 g/mol. The number of carbonyl (C=O) groups is 1. The Balaban J connectivity index is 2.42. The highest BCUT2D eigenvalue weighted by Crippen LogP contribution is 2.26. The molecule has 1 aromatic carbocycles. The highest BCUT2D eigenvalue weighted by atomic mass is 79.9. The summed E-state index contributed by atoms with van der Waals surface area (Å²) in [6, 6.07) is 4.74. The summed E-state index contributed by atoms with van der Waals surface area (Å²) in [5.41, 5.74) is 1.19. The molecule has 2 nitrogen and oxygen atoms in total. The molecule has 14 heavy (non-hydrogen) atoms. The summed E-state index contributed by atoms with van der Waals surface area (Å²) < 4.78 is 13.3. The predicted molar refractivity (Wildman–Crippen MR) is 56.1 cm³/mol. The van der Waals surface area contributed by atoms with Crippen LogP contribution in [0.3, 0.4) is 0 Å². The van der Waals surface area contributed by atoms with Gasteiger partial charge in [-0.3, -0.25) is 4.79 Å². The molecule has 0 spiro atoms. The van der Waals surface area contributed by atoms with Gasteiger partial charge in [0.25, 0.3) is 0 Å². The van der Waals surface area contributed by atoms with Crippen molar-refractivity contribution < 1.29 is 9.18 Å². The largest absolute Gasteiger partial charge is 0.325 e. The van der Waals surface area contributed by atoms with Crippen LogP contribution in [0.25, 0.3) is 0 Å². The fourth-order valence-corrected chi connectivity index (χ4v) is 1.89. The molecule has 0 aromatic heterocycles. The monoisotopic (exact) mass is 257 g/mol. The van der Waals surface area contributed by atoms with Gasteiger partial charge in [0.1, 0.15) is 5.82 Å². The molecule has 2 rings (SSSR count). The summed E-state index contributed by atoms with van der Waals surface area (Å²) in [5, 5.41) is 2.69. The van der Waals surface area contributed by atoms with Crippen molar-refractivity contribution in [3.05, 3.63) is 29.6 Å². The van der Waals surface area contributed by atoms with E-state index < -0.39 is 0 Å². The Morgan fingerprint density at radius 2 is 2.29 bits per heavy atom. The smallest absolute Gasteiger partial charge is 0.238 e. The van der Waals surface area contributed by atoms with E-state index in [2.05, 4.69) is 21.2 Å². The maximum absolute atomic E-state index is 13.3. The van der Waals surface area contributed by atoms with Crippen molar-refractivity contribution in [3.63, 3.8) is 0 Å². The molecular weight excluding hydrogens is 249 g/mol. The van der Waals surface area contributed by atoms with Crippen molar-refractivity contribution in [2.45, 2.75) is 17.7 Å². The summed E-state index contributed by atoms with van der Waals surface area (Å²) in [4.78, 5) is 11.2. The molecular formula is C10H9BrFNO. The first-order chi connectivity index (χ1) is 6.68. The third kappa shape index (κ3) is 1.66. The molecule has 0 saturated heterocycles. The quantitative estimate of drug-likeness (QED) is 0.711. The number of rotatable bonds is 0. The lowest BCUT2D eigenvalue weighted by Crippen LogP contribution is -2.20. The highest BCUT2D eigenvalue weighted by molar-refractivity contribution is 9.10. The topological polar surface area (TPSA) is 29.1 Å². The van der Waals surface area contributed by atoms with Gasteiger partial charge >= 0.3 is 0 Å². The van der Waals surface area contributed by atoms with Crippen molar-refractivity contribution in [1.82, 2.24) is 0 Å². The zero-order valence-corrected chi connectivity index (χ0v) is 8.97. The summed E-state index contributed by atoms with van der Waals surface area (Å²) >= 11 is 3.25. The van der Waals surface area contributed by atoms with Crippen LogP contribution in [-0.4, -0.2) is 10.7 Å². The van der Waals surface area contributed by atoms with Crippen molar-refractivity contribution in [3.8, 4) is 0 Å². The number of anilines is 1. The second-order valence-electron chi connectivity index (χ2n) is 3.26. The lowest BCUT2D eigenvalue weighted by atomic mass is 10.1. The maximum Gasteiger partial charge on any atom is 0.238 e. The third-order valence-corrected chi connectivity index (χ3v) is 3.18. The number of hydrogen-bond acceptors (Lipinski definition) is 1. The normalized spacial score (nSPS) is 21.0. The van der Waals surface area contributed by atoms with Gasteiger partial charge in [-0.2, -0.15) is 0 Å². The molecule has 1 unspecified atom stereocenters. The van der Waals surface area contributed by atoms with E-state index in [1.807, 2.05) is 0 Å². The van der Waals surface area contributed by atoms with E-state index in [0.29, 0.717) is 24.1 Å². The first kappa shape index (κ1) is 9.65. The van der Waals surface area contributed by atoms with Crippen LogP contribution in [0.5, 0.6) is 0 Å². The Kier molecular flexibility index (Phi) is 2.54. The highest BCUT2D eigenvalue weighted by Gasteiger charge is 2.22. The number of nitrogens with one attached hydrogen (secondary N) is 1. The molecule has 1 aliphatic heterocycles. The molecule has 1 aromatic rings. The molecule has 1 amide bonds. The van der Waals surface area contributed by atoms with Gasteiger partial charge in [0.05, 0.1) is 4.83 Å². The summed E-state index contributed by atoms with van der Waals surface area (Å²) in [6.07, 6.45) is 1.20.